The third-order valence-corrected chi connectivity index (χ3v) is 4.20. The number of hydrogen-bond acceptors (Lipinski definition) is 4. The Hall–Kier alpha value is -2.28. The molecule has 2 rings (SSSR count). The molecule has 0 saturated heterocycles. The highest BCUT2D eigenvalue weighted by atomic mass is 35.5. The van der Waals surface area contributed by atoms with Crippen LogP contribution in [0.3, 0.4) is 0 Å². The summed E-state index contributed by atoms with van der Waals surface area (Å²) in [4.78, 5) is 24.4. The van der Waals surface area contributed by atoms with E-state index in [1.807, 2.05) is 0 Å². The van der Waals surface area contributed by atoms with Crippen molar-refractivity contribution in [2.45, 2.75) is 19.1 Å². The van der Waals surface area contributed by atoms with E-state index in [0.717, 1.165) is 0 Å². The summed E-state index contributed by atoms with van der Waals surface area (Å²) < 4.78 is 4.95. The number of hydrogen-bond donors (Lipinski definition) is 3. The number of ether oxygens (including phenoxy) is 1. The molecule has 3 N–H and O–H groups in total. The first kappa shape index (κ1) is 20.0. The number of aliphatic hydroxyl groups excluding tert-OH is 1. The van der Waals surface area contributed by atoms with Crippen molar-refractivity contribution in [1.82, 2.24) is 5.32 Å². The van der Waals surface area contributed by atoms with Gasteiger partial charge in [0.1, 0.15) is 6.10 Å². The number of amides is 2. The lowest BCUT2D eigenvalue weighted by molar-refractivity contribution is -0.148. The minimum Gasteiger partial charge on any atom is -0.464 e. The zero-order chi connectivity index (χ0) is 19.1. The van der Waals surface area contributed by atoms with Crippen LogP contribution in [0.15, 0.2) is 48.5 Å². The molecular formula is C18H18Cl2N2O4. The molecule has 0 fully saturated rings. The van der Waals surface area contributed by atoms with Gasteiger partial charge in [0.2, 0.25) is 0 Å². The zero-order valence-corrected chi connectivity index (χ0v) is 15.4. The van der Waals surface area contributed by atoms with E-state index in [-0.39, 0.29) is 11.6 Å². The van der Waals surface area contributed by atoms with Crippen LogP contribution >= 0.6 is 23.2 Å². The quantitative estimate of drug-likeness (QED) is 0.648. The number of aliphatic hydroxyl groups is 1. The summed E-state index contributed by atoms with van der Waals surface area (Å²) in [6, 6.07) is 11.1. The van der Waals surface area contributed by atoms with E-state index >= 15 is 0 Å². The number of carbonyl (C=O) groups is 2. The maximum absolute atomic E-state index is 12.2. The Balaban J connectivity index is 2.13. The predicted molar refractivity (Wildman–Crippen MR) is 100 cm³/mol. The number of urea groups is 1. The van der Waals surface area contributed by atoms with E-state index in [9.17, 15) is 14.7 Å². The van der Waals surface area contributed by atoms with Crippen LogP contribution in [0, 0.1) is 0 Å². The number of esters is 1. The van der Waals surface area contributed by atoms with Gasteiger partial charge in [-0.2, -0.15) is 0 Å². The van der Waals surface area contributed by atoms with Crippen molar-refractivity contribution in [2.24, 2.45) is 0 Å². The van der Waals surface area contributed by atoms with Crippen molar-refractivity contribution in [3.63, 3.8) is 0 Å². The van der Waals surface area contributed by atoms with Gasteiger partial charge >= 0.3 is 12.0 Å². The van der Waals surface area contributed by atoms with Crippen LogP contribution in [0.1, 0.15) is 18.6 Å². The van der Waals surface area contributed by atoms with Crippen molar-refractivity contribution < 1.29 is 19.4 Å². The maximum Gasteiger partial charge on any atom is 0.331 e. The van der Waals surface area contributed by atoms with Crippen molar-refractivity contribution >= 4 is 40.9 Å². The molecular weight excluding hydrogens is 379 g/mol. The summed E-state index contributed by atoms with van der Waals surface area (Å²) in [5.41, 5.74) is 0.856. The van der Waals surface area contributed by atoms with Crippen LogP contribution in [0.25, 0.3) is 0 Å². The van der Waals surface area contributed by atoms with Gasteiger partial charge in [0.05, 0.1) is 16.7 Å². The van der Waals surface area contributed by atoms with Gasteiger partial charge in [0.25, 0.3) is 0 Å². The molecule has 26 heavy (non-hydrogen) atoms. The molecule has 0 radical (unpaired) electrons. The molecule has 0 aliphatic carbocycles. The van der Waals surface area contributed by atoms with Crippen LogP contribution in [0.2, 0.25) is 10.0 Å². The smallest absolute Gasteiger partial charge is 0.331 e. The highest BCUT2D eigenvalue weighted by molar-refractivity contribution is 6.42. The number of nitrogens with one attached hydrogen (secondary N) is 2. The molecule has 8 heteroatoms. The molecule has 0 saturated carbocycles. The monoisotopic (exact) mass is 396 g/mol. The van der Waals surface area contributed by atoms with E-state index < -0.39 is 24.1 Å². The Labute approximate surface area is 161 Å². The second-order valence-electron chi connectivity index (χ2n) is 5.31. The first-order chi connectivity index (χ1) is 12.4. The average molecular weight is 397 g/mol. The minimum atomic E-state index is -1.28. The second-order valence-corrected chi connectivity index (χ2v) is 6.13. The molecule has 2 aromatic rings. The summed E-state index contributed by atoms with van der Waals surface area (Å²) in [7, 11) is 0. The summed E-state index contributed by atoms with van der Waals surface area (Å²) in [6.07, 6.45) is -1.27. The van der Waals surface area contributed by atoms with Gasteiger partial charge in [0, 0.05) is 5.69 Å². The third-order valence-electron chi connectivity index (χ3n) is 3.46. The number of anilines is 1. The topological polar surface area (TPSA) is 87.7 Å². The molecule has 0 aliphatic heterocycles. The normalized spacial score (nSPS) is 12.8. The Bertz CT molecular complexity index is 771. The van der Waals surface area contributed by atoms with Gasteiger partial charge < -0.3 is 20.5 Å². The van der Waals surface area contributed by atoms with Gasteiger partial charge in [0.15, 0.2) is 6.04 Å². The average Bonchev–Trinajstić information content (AvgIpc) is 2.63. The minimum absolute atomic E-state index is 0.118. The summed E-state index contributed by atoms with van der Waals surface area (Å²) in [6.45, 7) is 1.76. The lowest BCUT2D eigenvalue weighted by Crippen LogP contribution is -2.47. The summed E-state index contributed by atoms with van der Waals surface area (Å²) in [5.74, 6) is -0.742. The lowest BCUT2D eigenvalue weighted by atomic mass is 10.0. The fourth-order valence-electron chi connectivity index (χ4n) is 2.22. The van der Waals surface area contributed by atoms with Gasteiger partial charge in [-0.3, -0.25) is 0 Å². The number of carbonyl (C=O) groups excluding carboxylic acids is 2. The van der Waals surface area contributed by atoms with Crippen molar-refractivity contribution in [3.05, 3.63) is 64.1 Å². The number of benzene rings is 2. The van der Waals surface area contributed by atoms with E-state index in [1.165, 1.54) is 12.1 Å². The third kappa shape index (κ3) is 5.36. The number of rotatable bonds is 6. The molecule has 2 aromatic carbocycles. The Morgan fingerprint density at radius 3 is 2.42 bits per heavy atom. The fourth-order valence-corrected chi connectivity index (χ4v) is 2.52. The van der Waals surface area contributed by atoms with Gasteiger partial charge in [-0.15, -0.1) is 0 Å². The van der Waals surface area contributed by atoms with E-state index in [1.54, 1.807) is 43.3 Å². The van der Waals surface area contributed by atoms with Crippen molar-refractivity contribution in [3.8, 4) is 0 Å². The van der Waals surface area contributed by atoms with E-state index in [4.69, 9.17) is 27.9 Å². The summed E-state index contributed by atoms with van der Waals surface area (Å²) in [5, 5.41) is 16.1. The maximum atomic E-state index is 12.2. The van der Waals surface area contributed by atoms with Crippen molar-refractivity contribution in [2.75, 3.05) is 11.9 Å². The molecule has 2 atom stereocenters. The van der Waals surface area contributed by atoms with E-state index in [2.05, 4.69) is 10.6 Å². The standard InChI is InChI=1S/C18H18Cl2N2O4/c1-2-26-17(24)15(16(23)11-6-4-3-5-7-11)22-18(25)21-12-8-9-13(19)14(20)10-12/h3-10,15-16,23H,2H2,1H3,(H2,21,22,25). The lowest BCUT2D eigenvalue weighted by Gasteiger charge is -2.23. The molecule has 138 valence electrons. The highest BCUT2D eigenvalue weighted by Gasteiger charge is 2.31. The molecule has 6 nitrogen and oxygen atoms in total. The molecule has 0 heterocycles. The van der Waals surface area contributed by atoms with Crippen LogP contribution < -0.4 is 10.6 Å². The Kier molecular flexibility index (Phi) is 7.26. The molecule has 2 amide bonds. The molecule has 0 spiro atoms. The van der Waals surface area contributed by atoms with Gasteiger partial charge in [-0.05, 0) is 30.7 Å². The summed E-state index contributed by atoms with van der Waals surface area (Å²) >= 11 is 11.7. The van der Waals surface area contributed by atoms with Crippen LogP contribution in [-0.4, -0.2) is 29.8 Å². The Morgan fingerprint density at radius 2 is 1.81 bits per heavy atom. The SMILES string of the molecule is CCOC(=O)C(NC(=O)Nc1ccc(Cl)c(Cl)c1)C(O)c1ccccc1. The fraction of sp³-hybridized carbons (Fsp3) is 0.222. The first-order valence-corrected chi connectivity index (χ1v) is 8.60. The van der Waals surface area contributed by atoms with Gasteiger partial charge in [-0.1, -0.05) is 53.5 Å². The molecule has 0 aromatic heterocycles. The molecule has 0 bridgehead atoms. The first-order valence-electron chi connectivity index (χ1n) is 7.84. The zero-order valence-electron chi connectivity index (χ0n) is 13.9. The van der Waals surface area contributed by atoms with Crippen LogP contribution in [0.4, 0.5) is 10.5 Å². The van der Waals surface area contributed by atoms with Crippen molar-refractivity contribution in [1.29, 1.82) is 0 Å². The Morgan fingerprint density at radius 1 is 1.12 bits per heavy atom. The predicted octanol–water partition coefficient (Wildman–Crippen LogP) is 3.78. The highest BCUT2D eigenvalue weighted by Crippen LogP contribution is 2.25. The van der Waals surface area contributed by atoms with Crippen LogP contribution in [-0.2, 0) is 9.53 Å². The largest absolute Gasteiger partial charge is 0.464 e. The van der Waals surface area contributed by atoms with Crippen LogP contribution in [0.5, 0.6) is 0 Å². The molecule has 0 aliphatic rings. The van der Waals surface area contributed by atoms with E-state index in [0.29, 0.717) is 16.3 Å². The van der Waals surface area contributed by atoms with Gasteiger partial charge in [-0.25, -0.2) is 9.59 Å². The second kappa shape index (κ2) is 9.43. The number of halogens is 2. The molecule has 2 unspecified atom stereocenters.